The molecule has 4 heteroatoms. The van der Waals surface area contributed by atoms with Crippen molar-refractivity contribution in [2.24, 2.45) is 0 Å². The molecule has 15 heavy (non-hydrogen) atoms. The summed E-state index contributed by atoms with van der Waals surface area (Å²) in [4.78, 5) is 12.3. The second-order valence-corrected chi connectivity index (χ2v) is 3.97. The third-order valence-corrected chi connectivity index (χ3v) is 3.00. The maximum absolute atomic E-state index is 11.2. The lowest BCUT2D eigenvalue weighted by Crippen LogP contribution is -2.08. The molecule has 1 rings (SSSR count). The predicted molar refractivity (Wildman–Crippen MR) is 59.9 cm³/mol. The Morgan fingerprint density at radius 3 is 2.93 bits per heavy atom. The molecule has 0 saturated carbocycles. The molecule has 0 atom stereocenters. The lowest BCUT2D eigenvalue weighted by molar-refractivity contribution is -0.138. The highest BCUT2D eigenvalue weighted by Gasteiger charge is 2.09. The molecular formula is C11H14O3S. The molecule has 0 aliphatic heterocycles. The van der Waals surface area contributed by atoms with Crippen molar-refractivity contribution in [2.75, 3.05) is 12.4 Å². The van der Waals surface area contributed by atoms with E-state index in [0.717, 1.165) is 10.7 Å². The molecule has 3 nitrogen and oxygen atoms in total. The van der Waals surface area contributed by atoms with E-state index in [1.165, 1.54) is 11.8 Å². The highest BCUT2D eigenvalue weighted by atomic mass is 32.2. The minimum atomic E-state index is -0.328. The summed E-state index contributed by atoms with van der Waals surface area (Å²) in [5.74, 6) is 1.06. The molecule has 0 aliphatic rings. The lowest BCUT2D eigenvalue weighted by atomic mass is 10.4. The number of carbonyl (C=O) groups excluding carboxylic acids is 1. The Kier molecular flexibility index (Phi) is 4.49. The number of aryl methyl sites for hydroxylation is 1. The van der Waals surface area contributed by atoms with E-state index in [2.05, 4.69) is 6.58 Å². The standard InChI is InChI=1S/C11H14O3S/c1-4-13-11(12)8(2)7-15-10-5-6-14-9(10)3/h5-6H,2,4,7H2,1,3H3. The van der Waals surface area contributed by atoms with E-state index in [1.807, 2.05) is 13.0 Å². The minimum Gasteiger partial charge on any atom is -0.468 e. The summed E-state index contributed by atoms with van der Waals surface area (Å²) in [5, 5.41) is 0. The van der Waals surface area contributed by atoms with E-state index >= 15 is 0 Å². The second-order valence-electron chi connectivity index (χ2n) is 2.95. The van der Waals surface area contributed by atoms with Gasteiger partial charge < -0.3 is 9.15 Å². The summed E-state index contributed by atoms with van der Waals surface area (Å²) in [5.41, 5.74) is 0.474. The van der Waals surface area contributed by atoms with Crippen LogP contribution in [0.3, 0.4) is 0 Å². The highest BCUT2D eigenvalue weighted by molar-refractivity contribution is 7.99. The van der Waals surface area contributed by atoms with Crippen LogP contribution in [-0.4, -0.2) is 18.3 Å². The number of hydrogen-bond donors (Lipinski definition) is 0. The largest absolute Gasteiger partial charge is 0.468 e. The maximum Gasteiger partial charge on any atom is 0.334 e. The van der Waals surface area contributed by atoms with Crippen LogP contribution in [0.4, 0.5) is 0 Å². The zero-order valence-electron chi connectivity index (χ0n) is 8.91. The van der Waals surface area contributed by atoms with Gasteiger partial charge in [0.15, 0.2) is 0 Å². The summed E-state index contributed by atoms with van der Waals surface area (Å²) in [6, 6.07) is 1.87. The van der Waals surface area contributed by atoms with Crippen molar-refractivity contribution in [1.82, 2.24) is 0 Å². The molecule has 0 amide bonds. The number of thioether (sulfide) groups is 1. The topological polar surface area (TPSA) is 39.4 Å². The number of esters is 1. The van der Waals surface area contributed by atoms with Gasteiger partial charge in [-0.3, -0.25) is 0 Å². The SMILES string of the molecule is C=C(CSc1ccoc1C)C(=O)OCC. The third kappa shape index (κ3) is 3.47. The monoisotopic (exact) mass is 226 g/mol. The normalized spacial score (nSPS) is 10.0. The lowest BCUT2D eigenvalue weighted by Gasteiger charge is -2.04. The van der Waals surface area contributed by atoms with Crippen LogP contribution in [-0.2, 0) is 9.53 Å². The van der Waals surface area contributed by atoms with Gasteiger partial charge in [-0.25, -0.2) is 4.79 Å². The molecule has 0 spiro atoms. The van der Waals surface area contributed by atoms with Gasteiger partial charge in [0.05, 0.1) is 12.9 Å². The Morgan fingerprint density at radius 1 is 1.67 bits per heavy atom. The summed E-state index contributed by atoms with van der Waals surface area (Å²) >= 11 is 1.52. The van der Waals surface area contributed by atoms with Crippen LogP contribution in [0, 0.1) is 6.92 Å². The molecule has 0 radical (unpaired) electrons. The van der Waals surface area contributed by atoms with Crippen molar-refractivity contribution in [2.45, 2.75) is 18.7 Å². The zero-order valence-corrected chi connectivity index (χ0v) is 9.73. The van der Waals surface area contributed by atoms with Crippen molar-refractivity contribution in [3.8, 4) is 0 Å². The number of rotatable bonds is 5. The maximum atomic E-state index is 11.2. The van der Waals surface area contributed by atoms with Crippen LogP contribution in [0.1, 0.15) is 12.7 Å². The third-order valence-electron chi connectivity index (χ3n) is 1.78. The van der Waals surface area contributed by atoms with Crippen molar-refractivity contribution in [1.29, 1.82) is 0 Å². The number of ether oxygens (including phenoxy) is 1. The van der Waals surface area contributed by atoms with Gasteiger partial charge in [0, 0.05) is 16.2 Å². The van der Waals surface area contributed by atoms with E-state index in [-0.39, 0.29) is 5.97 Å². The van der Waals surface area contributed by atoms with Gasteiger partial charge in [-0.15, -0.1) is 11.8 Å². The molecule has 0 N–H and O–H groups in total. The van der Waals surface area contributed by atoms with E-state index < -0.39 is 0 Å². The molecule has 1 aromatic heterocycles. The van der Waals surface area contributed by atoms with Gasteiger partial charge in [0.1, 0.15) is 5.76 Å². The van der Waals surface area contributed by atoms with Crippen molar-refractivity contribution in [3.63, 3.8) is 0 Å². The molecular weight excluding hydrogens is 212 g/mol. The van der Waals surface area contributed by atoms with Gasteiger partial charge in [-0.05, 0) is 19.9 Å². The molecule has 0 aliphatic carbocycles. The number of carbonyl (C=O) groups is 1. The Bertz CT molecular complexity index is 354. The van der Waals surface area contributed by atoms with E-state index in [1.54, 1.807) is 13.2 Å². The summed E-state index contributed by atoms with van der Waals surface area (Å²) in [6.45, 7) is 7.72. The van der Waals surface area contributed by atoms with Gasteiger partial charge in [-0.1, -0.05) is 6.58 Å². The van der Waals surface area contributed by atoms with Crippen LogP contribution in [0.15, 0.2) is 33.8 Å². The van der Waals surface area contributed by atoms with Crippen LogP contribution in [0.2, 0.25) is 0 Å². The fourth-order valence-corrected chi connectivity index (χ4v) is 1.83. The van der Waals surface area contributed by atoms with Crippen molar-refractivity contribution < 1.29 is 13.9 Å². The molecule has 0 unspecified atom stereocenters. The Labute approximate surface area is 93.5 Å². The van der Waals surface area contributed by atoms with Gasteiger partial charge in [-0.2, -0.15) is 0 Å². The van der Waals surface area contributed by atoms with E-state index in [4.69, 9.17) is 9.15 Å². The fourth-order valence-electron chi connectivity index (χ4n) is 0.980. The molecule has 82 valence electrons. The first kappa shape index (κ1) is 11.9. The van der Waals surface area contributed by atoms with Crippen LogP contribution in [0.25, 0.3) is 0 Å². The van der Waals surface area contributed by atoms with Gasteiger partial charge in [0.2, 0.25) is 0 Å². The summed E-state index contributed by atoms with van der Waals surface area (Å²) in [6.07, 6.45) is 1.63. The minimum absolute atomic E-state index is 0.328. The second kappa shape index (κ2) is 5.66. The first-order valence-electron chi connectivity index (χ1n) is 4.67. The summed E-state index contributed by atoms with van der Waals surface area (Å²) in [7, 11) is 0. The van der Waals surface area contributed by atoms with E-state index in [9.17, 15) is 4.79 Å². The first-order chi connectivity index (χ1) is 7.15. The van der Waals surface area contributed by atoms with Crippen LogP contribution < -0.4 is 0 Å². The van der Waals surface area contributed by atoms with Crippen molar-refractivity contribution >= 4 is 17.7 Å². The first-order valence-corrected chi connectivity index (χ1v) is 5.65. The van der Waals surface area contributed by atoms with Crippen molar-refractivity contribution in [3.05, 3.63) is 30.2 Å². The molecule has 1 heterocycles. The Balaban J connectivity index is 2.41. The number of hydrogen-bond acceptors (Lipinski definition) is 4. The number of furan rings is 1. The summed E-state index contributed by atoms with van der Waals surface area (Å²) < 4.78 is 9.97. The molecule has 0 fully saturated rings. The molecule has 0 aromatic carbocycles. The predicted octanol–water partition coefficient (Wildman–Crippen LogP) is 2.80. The van der Waals surface area contributed by atoms with Gasteiger partial charge >= 0.3 is 5.97 Å². The van der Waals surface area contributed by atoms with E-state index in [0.29, 0.717) is 17.9 Å². The average molecular weight is 226 g/mol. The van der Waals surface area contributed by atoms with Crippen LogP contribution in [0.5, 0.6) is 0 Å². The average Bonchev–Trinajstić information content (AvgIpc) is 2.61. The fraction of sp³-hybridized carbons (Fsp3) is 0.364. The van der Waals surface area contributed by atoms with Gasteiger partial charge in [0.25, 0.3) is 0 Å². The van der Waals surface area contributed by atoms with Crippen LogP contribution >= 0.6 is 11.8 Å². The smallest absolute Gasteiger partial charge is 0.334 e. The highest BCUT2D eigenvalue weighted by Crippen LogP contribution is 2.24. The molecule has 1 aromatic rings. The molecule has 0 saturated heterocycles. The Morgan fingerprint density at radius 2 is 2.40 bits per heavy atom. The zero-order chi connectivity index (χ0) is 11.3. The Hall–Kier alpha value is -1.16. The quantitative estimate of drug-likeness (QED) is 0.439. The molecule has 0 bridgehead atoms.